The van der Waals surface area contributed by atoms with Crippen LogP contribution in [0.3, 0.4) is 0 Å². The molecule has 0 atom stereocenters. The molecule has 0 saturated heterocycles. The molecule has 1 aromatic carbocycles. The fraction of sp³-hybridized carbons (Fsp3) is 0.222. The first kappa shape index (κ1) is 11.9. The lowest BCUT2D eigenvalue weighted by Gasteiger charge is -2.11. The van der Waals surface area contributed by atoms with Crippen molar-refractivity contribution >= 4 is 34.9 Å². The van der Waals surface area contributed by atoms with Crippen molar-refractivity contribution in [2.24, 2.45) is 0 Å². The van der Waals surface area contributed by atoms with Crippen LogP contribution in [-0.4, -0.2) is 17.7 Å². The van der Waals surface area contributed by atoms with Gasteiger partial charge >= 0.3 is 5.97 Å². The molecule has 0 unspecified atom stereocenters. The Balaban J connectivity index is 3.42. The molecule has 0 bridgehead atoms. The van der Waals surface area contributed by atoms with Crippen molar-refractivity contribution in [2.45, 2.75) is 6.92 Å². The molecule has 0 aliphatic heterocycles. The summed E-state index contributed by atoms with van der Waals surface area (Å²) in [7, 11) is 0. The molecule has 0 amide bonds. The Morgan fingerprint density at radius 3 is 2.67 bits per heavy atom. The molecule has 1 aromatic rings. The molecule has 0 spiro atoms. The Hall–Kier alpha value is -1.13. The second-order valence-electron chi connectivity index (χ2n) is 2.70. The van der Waals surface area contributed by atoms with Crippen LogP contribution in [0.15, 0.2) is 6.07 Å². The Labute approximate surface area is 96.5 Å². The van der Waals surface area contributed by atoms with E-state index < -0.39 is 5.97 Å². The van der Waals surface area contributed by atoms with Crippen LogP contribution in [0.1, 0.15) is 17.3 Å². The number of rotatable bonds is 3. The van der Waals surface area contributed by atoms with Crippen LogP contribution in [0.5, 0.6) is 5.75 Å². The number of hydrogen-bond acceptors (Lipinski definition) is 3. The van der Waals surface area contributed by atoms with E-state index in [2.05, 4.69) is 0 Å². The number of nitrogens with two attached hydrogens (primary N) is 1. The maximum absolute atomic E-state index is 10.8. The zero-order valence-electron chi connectivity index (χ0n) is 7.88. The summed E-state index contributed by atoms with van der Waals surface area (Å²) in [5.41, 5.74) is 5.31. The molecule has 15 heavy (non-hydrogen) atoms. The van der Waals surface area contributed by atoms with Gasteiger partial charge in [-0.3, -0.25) is 0 Å². The summed E-state index contributed by atoms with van der Waals surface area (Å²) < 4.78 is 5.13. The monoisotopic (exact) mass is 249 g/mol. The highest BCUT2D eigenvalue weighted by atomic mass is 35.5. The molecule has 82 valence electrons. The van der Waals surface area contributed by atoms with Crippen molar-refractivity contribution in [2.75, 3.05) is 12.3 Å². The van der Waals surface area contributed by atoms with E-state index in [1.165, 1.54) is 6.07 Å². The summed E-state index contributed by atoms with van der Waals surface area (Å²) in [6.45, 7) is 2.08. The van der Waals surface area contributed by atoms with Gasteiger partial charge in [-0.1, -0.05) is 23.2 Å². The highest BCUT2D eigenvalue weighted by molar-refractivity contribution is 6.39. The van der Waals surface area contributed by atoms with E-state index in [0.29, 0.717) is 6.61 Å². The number of carboxylic acids is 1. The average Bonchev–Trinajstić information content (AvgIpc) is 2.11. The first-order chi connectivity index (χ1) is 6.99. The van der Waals surface area contributed by atoms with E-state index >= 15 is 0 Å². The molecule has 0 saturated carbocycles. The fourth-order valence-corrected chi connectivity index (χ4v) is 1.77. The summed E-state index contributed by atoms with van der Waals surface area (Å²) in [6.07, 6.45) is 0. The number of carbonyl (C=O) groups is 1. The number of anilines is 1. The molecule has 3 N–H and O–H groups in total. The standard InChI is InChI=1S/C9H9Cl2NO3/c1-2-15-8-4(10)3-5(12)6(7(8)11)9(13)14/h3H,2,12H2,1H3,(H,13,14). The number of carboxylic acid groups (broad SMARTS) is 1. The third-order valence-electron chi connectivity index (χ3n) is 1.71. The molecule has 4 nitrogen and oxygen atoms in total. The minimum atomic E-state index is -1.21. The third-order valence-corrected chi connectivity index (χ3v) is 2.35. The van der Waals surface area contributed by atoms with Gasteiger partial charge < -0.3 is 15.6 Å². The van der Waals surface area contributed by atoms with Crippen molar-refractivity contribution in [1.82, 2.24) is 0 Å². The second-order valence-corrected chi connectivity index (χ2v) is 3.49. The zero-order valence-corrected chi connectivity index (χ0v) is 9.39. The predicted octanol–water partition coefficient (Wildman–Crippen LogP) is 2.67. The van der Waals surface area contributed by atoms with Gasteiger partial charge in [0, 0.05) is 5.69 Å². The molecule has 0 fully saturated rings. The van der Waals surface area contributed by atoms with Crippen molar-refractivity contribution < 1.29 is 14.6 Å². The summed E-state index contributed by atoms with van der Waals surface area (Å²) in [6, 6.07) is 1.31. The summed E-state index contributed by atoms with van der Waals surface area (Å²) in [4.78, 5) is 10.8. The van der Waals surface area contributed by atoms with Gasteiger partial charge in [0.25, 0.3) is 0 Å². The van der Waals surface area contributed by atoms with Crippen molar-refractivity contribution in [3.63, 3.8) is 0 Å². The smallest absolute Gasteiger partial charge is 0.339 e. The molecule has 0 radical (unpaired) electrons. The lowest BCUT2D eigenvalue weighted by molar-refractivity contribution is 0.0698. The molecule has 1 rings (SSSR count). The van der Waals surface area contributed by atoms with E-state index in [0.717, 1.165) is 0 Å². The van der Waals surface area contributed by atoms with Crippen LogP contribution in [0.2, 0.25) is 10.0 Å². The van der Waals surface area contributed by atoms with Crippen LogP contribution in [0.25, 0.3) is 0 Å². The maximum Gasteiger partial charge on any atom is 0.339 e. The van der Waals surface area contributed by atoms with Crippen LogP contribution >= 0.6 is 23.2 Å². The number of benzene rings is 1. The minimum absolute atomic E-state index is 0.0148. The van der Waals surface area contributed by atoms with E-state index in [-0.39, 0.29) is 27.0 Å². The first-order valence-corrected chi connectivity index (χ1v) is 4.88. The molecule has 0 heterocycles. The fourth-order valence-electron chi connectivity index (χ4n) is 1.11. The van der Waals surface area contributed by atoms with E-state index in [4.69, 9.17) is 38.8 Å². The largest absolute Gasteiger partial charge is 0.491 e. The summed E-state index contributed by atoms with van der Waals surface area (Å²) in [5.74, 6) is -1.07. The topological polar surface area (TPSA) is 72.5 Å². The lowest BCUT2D eigenvalue weighted by atomic mass is 10.1. The highest BCUT2D eigenvalue weighted by Crippen LogP contribution is 2.38. The van der Waals surface area contributed by atoms with Crippen LogP contribution in [0.4, 0.5) is 5.69 Å². The minimum Gasteiger partial charge on any atom is -0.491 e. The number of nitrogen functional groups attached to an aromatic ring is 1. The van der Waals surface area contributed by atoms with Crippen molar-refractivity contribution in [3.05, 3.63) is 21.7 Å². The summed E-state index contributed by atoms with van der Waals surface area (Å²) >= 11 is 11.6. The zero-order chi connectivity index (χ0) is 11.6. The summed E-state index contributed by atoms with van der Waals surface area (Å²) in [5, 5.41) is 8.99. The normalized spacial score (nSPS) is 10.1. The van der Waals surface area contributed by atoms with Gasteiger partial charge in [0.1, 0.15) is 10.6 Å². The van der Waals surface area contributed by atoms with Crippen LogP contribution < -0.4 is 10.5 Å². The Bertz CT molecular complexity index is 407. The van der Waals surface area contributed by atoms with Gasteiger partial charge in [-0.2, -0.15) is 0 Å². The first-order valence-electron chi connectivity index (χ1n) is 4.12. The van der Waals surface area contributed by atoms with Gasteiger partial charge in [-0.15, -0.1) is 0 Å². The number of hydrogen-bond donors (Lipinski definition) is 2. The Morgan fingerprint density at radius 1 is 1.60 bits per heavy atom. The number of ether oxygens (including phenoxy) is 1. The molecular formula is C9H9Cl2NO3. The number of halogens is 2. The van der Waals surface area contributed by atoms with Gasteiger partial charge in [0.15, 0.2) is 5.75 Å². The lowest BCUT2D eigenvalue weighted by Crippen LogP contribution is -2.05. The second kappa shape index (κ2) is 4.59. The third kappa shape index (κ3) is 2.27. The van der Waals surface area contributed by atoms with Gasteiger partial charge in [0.05, 0.1) is 11.6 Å². The molecule has 6 heteroatoms. The molecular weight excluding hydrogens is 241 g/mol. The van der Waals surface area contributed by atoms with Gasteiger partial charge in [-0.05, 0) is 13.0 Å². The maximum atomic E-state index is 10.8. The van der Waals surface area contributed by atoms with E-state index in [9.17, 15) is 4.79 Å². The van der Waals surface area contributed by atoms with E-state index in [1.807, 2.05) is 0 Å². The highest BCUT2D eigenvalue weighted by Gasteiger charge is 2.20. The van der Waals surface area contributed by atoms with E-state index in [1.54, 1.807) is 6.92 Å². The Morgan fingerprint density at radius 2 is 2.20 bits per heavy atom. The SMILES string of the molecule is CCOc1c(Cl)cc(N)c(C(=O)O)c1Cl. The van der Waals surface area contributed by atoms with Crippen LogP contribution in [-0.2, 0) is 0 Å². The average molecular weight is 250 g/mol. The quantitative estimate of drug-likeness (QED) is 0.809. The number of aromatic carboxylic acids is 1. The molecule has 0 aliphatic carbocycles. The van der Waals surface area contributed by atoms with Crippen molar-refractivity contribution in [3.8, 4) is 5.75 Å². The molecule has 0 aromatic heterocycles. The Kier molecular flexibility index (Phi) is 3.66. The van der Waals surface area contributed by atoms with Crippen LogP contribution in [0, 0.1) is 0 Å². The van der Waals surface area contributed by atoms with Crippen molar-refractivity contribution in [1.29, 1.82) is 0 Å². The van der Waals surface area contributed by atoms with Gasteiger partial charge in [0.2, 0.25) is 0 Å². The predicted molar refractivity (Wildman–Crippen MR) is 59.0 cm³/mol. The molecule has 0 aliphatic rings. The van der Waals surface area contributed by atoms with Gasteiger partial charge in [-0.25, -0.2) is 4.79 Å².